The van der Waals surface area contributed by atoms with Crippen molar-refractivity contribution in [3.63, 3.8) is 0 Å². The third-order valence-electron chi connectivity index (χ3n) is 3.28. The van der Waals surface area contributed by atoms with E-state index in [4.69, 9.17) is 9.84 Å². The molecule has 0 spiro atoms. The fourth-order valence-corrected chi connectivity index (χ4v) is 2.97. The Morgan fingerprint density at radius 1 is 1.20 bits per heavy atom. The van der Waals surface area contributed by atoms with Crippen molar-refractivity contribution in [3.05, 3.63) is 70.2 Å². The van der Waals surface area contributed by atoms with Gasteiger partial charge >= 0.3 is 12.1 Å². The quantitative estimate of drug-likeness (QED) is 0.705. The Kier molecular flexibility index (Phi) is 5.10. The molecule has 0 unspecified atom stereocenters. The zero-order valence-electron chi connectivity index (χ0n) is 13.1. The smallest absolute Gasteiger partial charge is 0.412 e. The summed E-state index contributed by atoms with van der Waals surface area (Å²) >= 11 is 1.19. The van der Waals surface area contributed by atoms with Gasteiger partial charge in [0.25, 0.3) is 0 Å². The van der Waals surface area contributed by atoms with Crippen LogP contribution in [0.4, 0.5) is 10.5 Å². The van der Waals surface area contributed by atoms with E-state index in [0.717, 1.165) is 10.4 Å². The Morgan fingerprint density at radius 3 is 2.72 bits per heavy atom. The minimum absolute atomic E-state index is 0.188. The number of hydrogen-bond acceptors (Lipinski definition) is 5. The highest BCUT2D eigenvalue weighted by Crippen LogP contribution is 2.18. The number of hydrogen-bond donors (Lipinski definition) is 2. The molecule has 25 heavy (non-hydrogen) atoms. The first-order valence-electron chi connectivity index (χ1n) is 7.42. The zero-order valence-corrected chi connectivity index (χ0v) is 13.9. The van der Waals surface area contributed by atoms with Crippen molar-refractivity contribution in [2.75, 3.05) is 5.32 Å². The molecule has 0 fully saturated rings. The lowest BCUT2D eigenvalue weighted by Gasteiger charge is -2.05. The van der Waals surface area contributed by atoms with Crippen molar-refractivity contribution < 1.29 is 19.4 Å². The lowest BCUT2D eigenvalue weighted by molar-refractivity contribution is 0.0702. The summed E-state index contributed by atoms with van der Waals surface area (Å²) in [7, 11) is 0. The van der Waals surface area contributed by atoms with Crippen LogP contribution < -0.4 is 5.32 Å². The van der Waals surface area contributed by atoms with Crippen LogP contribution in [-0.2, 0) is 17.9 Å². The molecule has 1 amide bonds. The summed E-state index contributed by atoms with van der Waals surface area (Å²) in [6.07, 6.45) is 2.60. The highest BCUT2D eigenvalue weighted by molar-refractivity contribution is 7.13. The van der Waals surface area contributed by atoms with Crippen molar-refractivity contribution in [3.8, 4) is 0 Å². The second kappa shape index (κ2) is 7.63. The van der Waals surface area contributed by atoms with E-state index < -0.39 is 12.1 Å². The number of aromatic nitrogens is 2. The van der Waals surface area contributed by atoms with Crippen molar-refractivity contribution in [1.82, 2.24) is 9.78 Å². The fraction of sp³-hybridized carbons (Fsp3) is 0.118. The maximum Gasteiger partial charge on any atom is 0.412 e. The Morgan fingerprint density at radius 2 is 2.00 bits per heavy atom. The number of rotatable bonds is 6. The number of ether oxygens (including phenoxy) is 1. The standard InChI is InChI=1S/C17H15N3O4S/c21-16(22)15-7-6-14(25-15)10-20-9-13(8-18-20)19-17(23)24-11-12-4-2-1-3-5-12/h1-9H,10-11H2,(H,19,23)(H,21,22). The normalized spacial score (nSPS) is 10.4. The number of nitrogens with one attached hydrogen (secondary N) is 1. The molecule has 3 rings (SSSR count). The van der Waals surface area contributed by atoms with Gasteiger partial charge in [-0.15, -0.1) is 11.3 Å². The van der Waals surface area contributed by atoms with Gasteiger partial charge in [-0.2, -0.15) is 5.10 Å². The van der Waals surface area contributed by atoms with Crippen LogP contribution in [0.2, 0.25) is 0 Å². The molecular formula is C17H15N3O4S. The fourth-order valence-electron chi connectivity index (χ4n) is 2.13. The third kappa shape index (κ3) is 4.67. The molecule has 2 heterocycles. The summed E-state index contributed by atoms with van der Waals surface area (Å²) in [5, 5.41) is 15.7. The number of benzene rings is 1. The molecule has 0 atom stereocenters. The van der Waals surface area contributed by atoms with Gasteiger partial charge in [0.1, 0.15) is 11.5 Å². The molecular weight excluding hydrogens is 342 g/mol. The van der Waals surface area contributed by atoms with Crippen molar-refractivity contribution >= 4 is 29.1 Å². The van der Waals surface area contributed by atoms with E-state index in [0.29, 0.717) is 12.2 Å². The highest BCUT2D eigenvalue weighted by Gasteiger charge is 2.09. The Balaban J connectivity index is 1.52. The number of carbonyl (C=O) groups excluding carboxylic acids is 1. The van der Waals surface area contributed by atoms with Gasteiger partial charge < -0.3 is 9.84 Å². The second-order valence-electron chi connectivity index (χ2n) is 5.18. The van der Waals surface area contributed by atoms with Crippen LogP contribution in [0.3, 0.4) is 0 Å². The van der Waals surface area contributed by atoms with Gasteiger partial charge in [0.2, 0.25) is 0 Å². The molecule has 0 saturated heterocycles. The van der Waals surface area contributed by atoms with Gasteiger partial charge in [-0.1, -0.05) is 30.3 Å². The summed E-state index contributed by atoms with van der Waals surface area (Å²) < 4.78 is 6.75. The molecule has 2 N–H and O–H groups in total. The second-order valence-corrected chi connectivity index (χ2v) is 6.35. The van der Waals surface area contributed by atoms with E-state index in [1.165, 1.54) is 17.5 Å². The number of thiophene rings is 1. The number of nitrogens with zero attached hydrogens (tertiary/aromatic N) is 2. The van der Waals surface area contributed by atoms with Crippen molar-refractivity contribution in [1.29, 1.82) is 0 Å². The van der Waals surface area contributed by atoms with Crippen LogP contribution in [0, 0.1) is 0 Å². The molecule has 7 nitrogen and oxygen atoms in total. The van der Waals surface area contributed by atoms with Gasteiger partial charge in [-0.05, 0) is 17.7 Å². The number of anilines is 1. The number of carboxylic acids is 1. The summed E-state index contributed by atoms with van der Waals surface area (Å²) in [5.41, 5.74) is 1.41. The van der Waals surface area contributed by atoms with Crippen LogP contribution in [0.15, 0.2) is 54.9 Å². The zero-order chi connectivity index (χ0) is 17.6. The highest BCUT2D eigenvalue weighted by atomic mass is 32.1. The SMILES string of the molecule is O=C(Nc1cnn(Cc2ccc(C(=O)O)s2)c1)OCc1ccccc1. The van der Waals surface area contributed by atoms with Crippen LogP contribution in [0.1, 0.15) is 20.1 Å². The molecule has 128 valence electrons. The summed E-state index contributed by atoms with van der Waals surface area (Å²) in [6, 6.07) is 12.7. The molecule has 2 aromatic heterocycles. The molecule has 3 aromatic rings. The maximum absolute atomic E-state index is 11.8. The van der Waals surface area contributed by atoms with Crippen molar-refractivity contribution in [2.24, 2.45) is 0 Å². The average Bonchev–Trinajstić information content (AvgIpc) is 3.24. The molecule has 0 aliphatic carbocycles. The summed E-state index contributed by atoms with van der Waals surface area (Å²) in [5.74, 6) is -0.944. The van der Waals surface area contributed by atoms with Crippen LogP contribution >= 0.6 is 11.3 Å². The molecule has 0 saturated carbocycles. The molecule has 0 aliphatic heterocycles. The molecule has 8 heteroatoms. The first kappa shape index (κ1) is 16.7. The average molecular weight is 357 g/mol. The summed E-state index contributed by atoms with van der Waals surface area (Å²) in [4.78, 5) is 23.8. The number of carbonyl (C=O) groups is 2. The van der Waals surface area contributed by atoms with Gasteiger partial charge in [-0.25, -0.2) is 9.59 Å². The lowest BCUT2D eigenvalue weighted by Crippen LogP contribution is -2.13. The van der Waals surface area contributed by atoms with Gasteiger partial charge in [0.05, 0.1) is 18.4 Å². The van der Waals surface area contributed by atoms with E-state index in [1.54, 1.807) is 23.0 Å². The maximum atomic E-state index is 11.8. The molecule has 1 aromatic carbocycles. The van der Waals surface area contributed by atoms with Gasteiger partial charge in [-0.3, -0.25) is 10.00 Å². The topological polar surface area (TPSA) is 93.5 Å². The van der Waals surface area contributed by atoms with E-state index in [2.05, 4.69) is 10.4 Å². The largest absolute Gasteiger partial charge is 0.477 e. The van der Waals surface area contributed by atoms with E-state index >= 15 is 0 Å². The predicted octanol–water partition coefficient (Wildman–Crippen LogP) is 3.44. The van der Waals surface area contributed by atoms with Crippen LogP contribution in [0.5, 0.6) is 0 Å². The van der Waals surface area contributed by atoms with Gasteiger partial charge in [0.15, 0.2) is 0 Å². The van der Waals surface area contributed by atoms with Crippen LogP contribution in [-0.4, -0.2) is 26.9 Å². The molecule has 0 bridgehead atoms. The number of amides is 1. The first-order chi connectivity index (χ1) is 12.1. The van der Waals surface area contributed by atoms with E-state index in [9.17, 15) is 9.59 Å². The minimum Gasteiger partial charge on any atom is -0.477 e. The summed E-state index contributed by atoms with van der Waals surface area (Å²) in [6.45, 7) is 0.618. The third-order valence-corrected chi connectivity index (χ3v) is 4.34. The lowest BCUT2D eigenvalue weighted by atomic mass is 10.2. The van der Waals surface area contributed by atoms with Crippen molar-refractivity contribution in [2.45, 2.75) is 13.2 Å². The van der Waals surface area contributed by atoms with Crippen LogP contribution in [0.25, 0.3) is 0 Å². The first-order valence-corrected chi connectivity index (χ1v) is 8.24. The molecule has 0 radical (unpaired) electrons. The number of aromatic carboxylic acids is 1. The minimum atomic E-state index is -0.944. The monoisotopic (exact) mass is 357 g/mol. The van der Waals surface area contributed by atoms with E-state index in [-0.39, 0.29) is 11.5 Å². The Labute approximate surface area is 147 Å². The molecule has 0 aliphatic rings. The number of carboxylic acid groups (broad SMARTS) is 1. The van der Waals surface area contributed by atoms with Gasteiger partial charge in [0, 0.05) is 11.1 Å². The Hall–Kier alpha value is -3.13. The Bertz CT molecular complexity index is 873. The predicted molar refractivity (Wildman–Crippen MR) is 92.9 cm³/mol. The van der Waals surface area contributed by atoms with E-state index in [1.807, 2.05) is 30.3 Å².